The molecule has 1 aliphatic heterocycles. The summed E-state index contributed by atoms with van der Waals surface area (Å²) in [6.07, 6.45) is 6.42. The third-order valence-corrected chi connectivity index (χ3v) is 2.99. The molecule has 4 heteroatoms. The average Bonchev–Trinajstić information content (AvgIpc) is 2.32. The third-order valence-electron chi connectivity index (χ3n) is 2.99. The molecule has 1 heterocycles. The van der Waals surface area contributed by atoms with Gasteiger partial charge in [-0.1, -0.05) is 19.3 Å². The molecular formula is C11H19N3O. The fourth-order valence-electron chi connectivity index (χ4n) is 2.03. The maximum Gasteiger partial charge on any atom is 0.115 e. The minimum absolute atomic E-state index is 0.476. The van der Waals surface area contributed by atoms with Crippen molar-refractivity contribution in [2.24, 2.45) is 10.1 Å². The SMILES string of the molecule is C(=NC1CCCCC1)=NN1CCOCC1. The Hall–Kier alpha value is -0.860. The highest BCUT2D eigenvalue weighted by Crippen LogP contribution is 2.19. The van der Waals surface area contributed by atoms with Crippen molar-refractivity contribution in [1.29, 1.82) is 0 Å². The van der Waals surface area contributed by atoms with Crippen LogP contribution >= 0.6 is 0 Å². The van der Waals surface area contributed by atoms with Gasteiger partial charge in [0.25, 0.3) is 0 Å². The van der Waals surface area contributed by atoms with E-state index in [2.05, 4.69) is 16.1 Å². The number of hydrogen-bond acceptors (Lipinski definition) is 4. The Morgan fingerprint density at radius 3 is 2.53 bits per heavy atom. The van der Waals surface area contributed by atoms with Crippen molar-refractivity contribution in [3.63, 3.8) is 0 Å². The highest BCUT2D eigenvalue weighted by molar-refractivity contribution is 5.41. The monoisotopic (exact) mass is 209 g/mol. The van der Waals surface area contributed by atoms with Crippen LogP contribution in [0.4, 0.5) is 0 Å². The van der Waals surface area contributed by atoms with Crippen molar-refractivity contribution in [1.82, 2.24) is 5.01 Å². The Bertz CT molecular complexity index is 214. The van der Waals surface area contributed by atoms with Crippen molar-refractivity contribution in [3.8, 4) is 0 Å². The van der Waals surface area contributed by atoms with Crippen LogP contribution in [-0.2, 0) is 4.74 Å². The highest BCUT2D eigenvalue weighted by Gasteiger charge is 2.11. The van der Waals surface area contributed by atoms with Crippen molar-refractivity contribution in [2.75, 3.05) is 26.3 Å². The number of hydrogen-bond donors (Lipinski definition) is 0. The van der Waals surface area contributed by atoms with E-state index in [9.17, 15) is 0 Å². The summed E-state index contributed by atoms with van der Waals surface area (Å²) < 4.78 is 5.24. The van der Waals surface area contributed by atoms with Gasteiger partial charge in [0.15, 0.2) is 0 Å². The zero-order chi connectivity index (χ0) is 10.3. The number of hydrazone groups is 1. The lowest BCUT2D eigenvalue weighted by Gasteiger charge is -2.22. The predicted molar refractivity (Wildman–Crippen MR) is 59.1 cm³/mol. The van der Waals surface area contributed by atoms with E-state index in [-0.39, 0.29) is 0 Å². The molecule has 1 saturated carbocycles. The lowest BCUT2D eigenvalue weighted by Crippen LogP contribution is -2.32. The summed E-state index contributed by atoms with van der Waals surface area (Å²) in [7, 11) is 0. The van der Waals surface area contributed by atoms with E-state index in [1.54, 1.807) is 0 Å². The first-order valence-electron chi connectivity index (χ1n) is 5.93. The van der Waals surface area contributed by atoms with Crippen LogP contribution in [0.15, 0.2) is 10.1 Å². The quantitative estimate of drug-likeness (QED) is 0.650. The van der Waals surface area contributed by atoms with Crippen LogP contribution in [0.2, 0.25) is 0 Å². The minimum Gasteiger partial charge on any atom is -0.378 e. The van der Waals surface area contributed by atoms with Crippen molar-refractivity contribution >= 4 is 6.01 Å². The largest absolute Gasteiger partial charge is 0.378 e. The molecule has 0 aromatic carbocycles. The Kier molecular flexibility index (Phi) is 4.18. The Balaban J connectivity index is 1.77. The molecule has 0 radical (unpaired) electrons. The topological polar surface area (TPSA) is 37.2 Å². The summed E-state index contributed by atoms with van der Waals surface area (Å²) >= 11 is 0. The number of nitrogens with zero attached hydrogens (tertiary/aromatic N) is 3. The maximum atomic E-state index is 5.24. The molecule has 2 fully saturated rings. The molecule has 0 unspecified atom stereocenters. The smallest absolute Gasteiger partial charge is 0.115 e. The summed E-state index contributed by atoms with van der Waals surface area (Å²) in [4.78, 5) is 4.38. The second-order valence-electron chi connectivity index (χ2n) is 4.19. The van der Waals surface area contributed by atoms with Gasteiger partial charge in [-0.25, -0.2) is 4.99 Å². The van der Waals surface area contributed by atoms with Crippen molar-refractivity contribution in [2.45, 2.75) is 38.1 Å². The van der Waals surface area contributed by atoms with Crippen LogP contribution in [0.25, 0.3) is 0 Å². The molecule has 0 amide bonds. The first-order valence-corrected chi connectivity index (χ1v) is 5.93. The van der Waals surface area contributed by atoms with Crippen LogP contribution in [-0.4, -0.2) is 43.4 Å². The third kappa shape index (κ3) is 3.65. The van der Waals surface area contributed by atoms with Crippen molar-refractivity contribution < 1.29 is 4.74 Å². The predicted octanol–water partition coefficient (Wildman–Crippen LogP) is 1.74. The van der Waals surface area contributed by atoms with E-state index in [4.69, 9.17) is 4.74 Å². The highest BCUT2D eigenvalue weighted by atomic mass is 16.5. The first-order chi connectivity index (χ1) is 7.45. The molecule has 0 atom stereocenters. The van der Waals surface area contributed by atoms with Crippen LogP contribution in [0.1, 0.15) is 32.1 Å². The number of morpholine rings is 1. The fourth-order valence-corrected chi connectivity index (χ4v) is 2.03. The molecule has 2 rings (SSSR count). The molecule has 0 N–H and O–H groups in total. The van der Waals surface area contributed by atoms with Gasteiger partial charge in [-0.15, -0.1) is 5.10 Å². The molecular weight excluding hydrogens is 190 g/mol. The van der Waals surface area contributed by atoms with Gasteiger partial charge >= 0.3 is 0 Å². The van der Waals surface area contributed by atoms with Gasteiger partial charge in [-0.3, -0.25) is 5.01 Å². The van der Waals surface area contributed by atoms with Crippen LogP contribution < -0.4 is 0 Å². The van der Waals surface area contributed by atoms with E-state index >= 15 is 0 Å². The molecule has 15 heavy (non-hydrogen) atoms. The van der Waals surface area contributed by atoms with Gasteiger partial charge in [-0.2, -0.15) is 0 Å². The van der Waals surface area contributed by atoms with E-state index in [1.165, 1.54) is 32.1 Å². The molecule has 0 aromatic rings. The van der Waals surface area contributed by atoms with Crippen LogP contribution in [0, 0.1) is 0 Å². The maximum absolute atomic E-state index is 5.24. The lowest BCUT2D eigenvalue weighted by atomic mass is 9.96. The lowest BCUT2D eigenvalue weighted by molar-refractivity contribution is 0.0397. The summed E-state index contributed by atoms with van der Waals surface area (Å²) in [5, 5.41) is 6.20. The standard InChI is InChI=1S/C11H19N3O/c1-2-4-11(5-3-1)12-10-13-14-6-8-15-9-7-14/h11H,1-9H2. The Morgan fingerprint density at radius 2 is 1.80 bits per heavy atom. The number of ether oxygens (including phenoxy) is 1. The van der Waals surface area contributed by atoms with Crippen molar-refractivity contribution in [3.05, 3.63) is 0 Å². The molecule has 2 aliphatic rings. The molecule has 0 aromatic heterocycles. The zero-order valence-electron chi connectivity index (χ0n) is 9.19. The summed E-state index contributed by atoms with van der Waals surface area (Å²) in [5.74, 6) is 0. The Labute approximate surface area is 91.0 Å². The molecule has 84 valence electrons. The van der Waals surface area contributed by atoms with Gasteiger partial charge in [0.2, 0.25) is 0 Å². The summed E-state index contributed by atoms with van der Waals surface area (Å²) in [6.45, 7) is 3.28. The number of aliphatic imine (C=N–C) groups is 1. The minimum atomic E-state index is 0.476. The Morgan fingerprint density at radius 1 is 1.07 bits per heavy atom. The first kappa shape index (κ1) is 10.7. The van der Waals surface area contributed by atoms with E-state index in [0.29, 0.717) is 6.04 Å². The summed E-state index contributed by atoms with van der Waals surface area (Å²) in [5.41, 5.74) is 0. The van der Waals surface area contributed by atoms with Gasteiger partial charge in [0.05, 0.1) is 32.3 Å². The normalized spacial score (nSPS) is 23.3. The second-order valence-corrected chi connectivity index (χ2v) is 4.19. The van der Waals surface area contributed by atoms with Crippen LogP contribution in [0.5, 0.6) is 0 Å². The molecule has 4 nitrogen and oxygen atoms in total. The molecule has 0 bridgehead atoms. The fraction of sp³-hybridized carbons (Fsp3) is 0.909. The average molecular weight is 209 g/mol. The zero-order valence-corrected chi connectivity index (χ0v) is 9.19. The van der Waals surface area contributed by atoms with Gasteiger partial charge < -0.3 is 4.74 Å². The molecule has 1 aliphatic carbocycles. The van der Waals surface area contributed by atoms with E-state index in [1.807, 2.05) is 5.01 Å². The van der Waals surface area contributed by atoms with Gasteiger partial charge in [-0.05, 0) is 12.8 Å². The van der Waals surface area contributed by atoms with Crippen LogP contribution in [0.3, 0.4) is 0 Å². The second kappa shape index (κ2) is 5.89. The van der Waals surface area contributed by atoms with E-state index in [0.717, 1.165) is 26.3 Å². The molecule has 1 saturated heterocycles. The van der Waals surface area contributed by atoms with Gasteiger partial charge in [0.1, 0.15) is 6.01 Å². The number of rotatable bonds is 2. The molecule has 0 spiro atoms. The van der Waals surface area contributed by atoms with Gasteiger partial charge in [0, 0.05) is 0 Å². The summed E-state index contributed by atoms with van der Waals surface area (Å²) in [6, 6.07) is 3.32. The van der Waals surface area contributed by atoms with E-state index < -0.39 is 0 Å².